The minimum absolute atomic E-state index is 0.0397. The third-order valence-corrected chi connectivity index (χ3v) is 3.92. The Morgan fingerprint density at radius 2 is 1.57 bits per heavy atom. The van der Waals surface area contributed by atoms with E-state index in [4.69, 9.17) is 9.47 Å². The van der Waals surface area contributed by atoms with Crippen LogP contribution in [0.1, 0.15) is 40.2 Å². The molecule has 0 unspecified atom stereocenters. The van der Waals surface area contributed by atoms with Crippen LogP contribution in [0.15, 0.2) is 23.2 Å². The summed E-state index contributed by atoms with van der Waals surface area (Å²) < 4.78 is 11.3. The van der Waals surface area contributed by atoms with Crippen LogP contribution in [0.5, 0.6) is 11.5 Å². The third kappa shape index (κ3) is 8.50. The molecule has 7 heteroatoms. The molecule has 0 saturated carbocycles. The van der Waals surface area contributed by atoms with Crippen molar-refractivity contribution in [2.45, 2.75) is 41.0 Å². The first kappa shape index (κ1) is 23.6. The maximum absolute atomic E-state index is 11.8. The molecule has 0 radical (unpaired) electrons. The number of rotatable bonds is 10. The van der Waals surface area contributed by atoms with E-state index in [1.54, 1.807) is 7.05 Å². The summed E-state index contributed by atoms with van der Waals surface area (Å²) in [5.41, 5.74) is 0.783. The second-order valence-electron chi connectivity index (χ2n) is 7.33. The Hall–Kier alpha value is -2.44. The van der Waals surface area contributed by atoms with E-state index >= 15 is 0 Å². The zero-order valence-electron chi connectivity index (χ0n) is 18.1. The average molecular weight is 393 g/mol. The van der Waals surface area contributed by atoms with Gasteiger partial charge in [0.05, 0.1) is 13.2 Å². The number of guanidine groups is 1. The van der Waals surface area contributed by atoms with Crippen molar-refractivity contribution in [2.75, 3.05) is 39.9 Å². The second-order valence-corrected chi connectivity index (χ2v) is 7.33. The summed E-state index contributed by atoms with van der Waals surface area (Å²) in [6, 6.07) is 6.02. The molecule has 0 aliphatic heterocycles. The van der Waals surface area contributed by atoms with Gasteiger partial charge < -0.3 is 25.4 Å². The highest BCUT2D eigenvalue weighted by atomic mass is 16.5. The van der Waals surface area contributed by atoms with E-state index in [0.29, 0.717) is 32.3 Å². The lowest BCUT2D eigenvalue weighted by Crippen LogP contribution is -2.43. The van der Waals surface area contributed by atoms with Gasteiger partial charge in [-0.1, -0.05) is 26.8 Å². The number of ether oxygens (including phenoxy) is 2. The molecular weight excluding hydrogens is 356 g/mol. The molecule has 0 fully saturated rings. The zero-order valence-corrected chi connectivity index (χ0v) is 18.1. The highest BCUT2D eigenvalue weighted by molar-refractivity contribution is 5.81. The molecule has 0 atom stereocenters. The molecule has 0 aliphatic rings. The predicted octanol–water partition coefficient (Wildman–Crippen LogP) is 2.35. The van der Waals surface area contributed by atoms with Gasteiger partial charge in [-0.15, -0.1) is 0 Å². The Morgan fingerprint density at radius 1 is 0.964 bits per heavy atom. The molecule has 1 amide bonds. The van der Waals surface area contributed by atoms with Gasteiger partial charge in [0.25, 0.3) is 0 Å². The number of carbonyl (C=O) groups excluding carboxylic acids is 1. The molecule has 0 aromatic heterocycles. The molecule has 0 aliphatic carbocycles. The molecular formula is C21H36N4O3. The van der Waals surface area contributed by atoms with Crippen LogP contribution in [-0.2, 0) is 11.2 Å². The summed E-state index contributed by atoms with van der Waals surface area (Å²) >= 11 is 0. The summed E-state index contributed by atoms with van der Waals surface area (Å²) in [4.78, 5) is 16.0. The molecule has 0 saturated heterocycles. The molecule has 1 aromatic rings. The summed E-state index contributed by atoms with van der Waals surface area (Å²) in [5, 5.41) is 9.39. The van der Waals surface area contributed by atoms with E-state index in [1.807, 2.05) is 52.8 Å². The number of benzene rings is 1. The van der Waals surface area contributed by atoms with Gasteiger partial charge in [-0.05, 0) is 38.0 Å². The number of hydrogen-bond donors (Lipinski definition) is 3. The van der Waals surface area contributed by atoms with Gasteiger partial charge in [-0.2, -0.15) is 0 Å². The van der Waals surface area contributed by atoms with Gasteiger partial charge in [0.15, 0.2) is 17.5 Å². The van der Waals surface area contributed by atoms with Crippen LogP contribution in [0.2, 0.25) is 0 Å². The summed E-state index contributed by atoms with van der Waals surface area (Å²) in [7, 11) is 1.73. The van der Waals surface area contributed by atoms with Crippen molar-refractivity contribution in [3.8, 4) is 11.5 Å². The minimum Gasteiger partial charge on any atom is -0.490 e. The summed E-state index contributed by atoms with van der Waals surface area (Å²) in [6.07, 6.45) is 0.827. The number of nitrogens with zero attached hydrogens (tertiary/aromatic N) is 1. The lowest BCUT2D eigenvalue weighted by molar-refractivity contribution is -0.128. The Morgan fingerprint density at radius 3 is 2.18 bits per heavy atom. The Balaban J connectivity index is 2.42. The normalized spacial score (nSPS) is 11.7. The molecule has 28 heavy (non-hydrogen) atoms. The van der Waals surface area contributed by atoms with Crippen molar-refractivity contribution >= 4 is 11.9 Å². The monoisotopic (exact) mass is 392 g/mol. The lowest BCUT2D eigenvalue weighted by Gasteiger charge is -2.18. The fraction of sp³-hybridized carbons (Fsp3) is 0.619. The Bertz CT molecular complexity index is 639. The highest BCUT2D eigenvalue weighted by Gasteiger charge is 2.20. The predicted molar refractivity (Wildman–Crippen MR) is 114 cm³/mol. The molecule has 0 heterocycles. The van der Waals surface area contributed by atoms with E-state index in [1.165, 1.54) is 0 Å². The van der Waals surface area contributed by atoms with Gasteiger partial charge in [-0.25, -0.2) is 0 Å². The van der Waals surface area contributed by atoms with E-state index in [2.05, 4.69) is 20.9 Å². The van der Waals surface area contributed by atoms with Crippen LogP contribution < -0.4 is 25.4 Å². The van der Waals surface area contributed by atoms with E-state index < -0.39 is 0 Å². The molecule has 3 N–H and O–H groups in total. The number of hydrogen-bond acceptors (Lipinski definition) is 4. The third-order valence-electron chi connectivity index (χ3n) is 3.92. The minimum atomic E-state index is -0.377. The number of carbonyl (C=O) groups is 1. The van der Waals surface area contributed by atoms with Crippen LogP contribution in [0, 0.1) is 5.41 Å². The van der Waals surface area contributed by atoms with Crippen LogP contribution in [-0.4, -0.2) is 51.8 Å². The van der Waals surface area contributed by atoms with Crippen LogP contribution in [0.25, 0.3) is 0 Å². The van der Waals surface area contributed by atoms with Crippen LogP contribution in [0.3, 0.4) is 0 Å². The lowest BCUT2D eigenvalue weighted by atomic mass is 9.96. The molecule has 1 rings (SSSR count). The van der Waals surface area contributed by atoms with Gasteiger partial charge in [-0.3, -0.25) is 9.79 Å². The second kappa shape index (κ2) is 12.1. The fourth-order valence-electron chi connectivity index (χ4n) is 2.42. The topological polar surface area (TPSA) is 84.0 Å². The van der Waals surface area contributed by atoms with E-state index in [0.717, 1.165) is 30.0 Å². The quantitative estimate of drug-likeness (QED) is 0.323. The van der Waals surface area contributed by atoms with Crippen LogP contribution in [0.4, 0.5) is 0 Å². The summed E-state index contributed by atoms with van der Waals surface area (Å²) in [6.45, 7) is 12.7. The SMILES string of the molecule is CCOc1ccc(CCNC(=NC)NCCNC(=O)C(C)(C)C)cc1OCC. The zero-order chi connectivity index (χ0) is 21.0. The van der Waals surface area contributed by atoms with Gasteiger partial charge in [0, 0.05) is 32.1 Å². The van der Waals surface area contributed by atoms with Gasteiger partial charge in [0.1, 0.15) is 0 Å². The van der Waals surface area contributed by atoms with Gasteiger partial charge in [0.2, 0.25) is 5.91 Å². The first-order valence-corrected chi connectivity index (χ1v) is 9.93. The standard InChI is InChI=1S/C21H36N4O3/c1-7-27-17-10-9-16(15-18(17)28-8-2)11-12-24-20(22-6)25-14-13-23-19(26)21(3,4)5/h9-10,15H,7-8,11-14H2,1-6H3,(H,23,26)(H2,22,24,25). The maximum Gasteiger partial charge on any atom is 0.225 e. The molecule has 1 aromatic carbocycles. The average Bonchev–Trinajstić information content (AvgIpc) is 2.65. The maximum atomic E-state index is 11.8. The molecule has 0 spiro atoms. The fourth-order valence-corrected chi connectivity index (χ4v) is 2.42. The largest absolute Gasteiger partial charge is 0.490 e. The first-order chi connectivity index (χ1) is 13.3. The van der Waals surface area contributed by atoms with Crippen molar-refractivity contribution in [1.82, 2.24) is 16.0 Å². The number of nitrogens with one attached hydrogen (secondary N) is 3. The van der Waals surface area contributed by atoms with Crippen molar-refractivity contribution in [3.05, 3.63) is 23.8 Å². The number of amides is 1. The molecule has 158 valence electrons. The highest BCUT2D eigenvalue weighted by Crippen LogP contribution is 2.28. The van der Waals surface area contributed by atoms with E-state index in [9.17, 15) is 4.79 Å². The van der Waals surface area contributed by atoms with Crippen molar-refractivity contribution in [3.63, 3.8) is 0 Å². The number of aliphatic imine (C=N–C) groups is 1. The summed E-state index contributed by atoms with van der Waals surface area (Å²) in [5.74, 6) is 2.30. The van der Waals surface area contributed by atoms with Crippen molar-refractivity contribution in [2.24, 2.45) is 10.4 Å². The molecule has 0 bridgehead atoms. The van der Waals surface area contributed by atoms with E-state index in [-0.39, 0.29) is 11.3 Å². The Kier molecular flexibility index (Phi) is 10.2. The first-order valence-electron chi connectivity index (χ1n) is 9.93. The van der Waals surface area contributed by atoms with Crippen LogP contribution >= 0.6 is 0 Å². The Labute approximate surface area is 169 Å². The van der Waals surface area contributed by atoms with Crippen molar-refractivity contribution < 1.29 is 14.3 Å². The smallest absolute Gasteiger partial charge is 0.225 e. The van der Waals surface area contributed by atoms with Crippen molar-refractivity contribution in [1.29, 1.82) is 0 Å². The molecule has 7 nitrogen and oxygen atoms in total. The van der Waals surface area contributed by atoms with Gasteiger partial charge >= 0.3 is 0 Å².